The number of alkyl carbamates (subject to hydrolysis) is 1. The lowest BCUT2D eigenvalue weighted by Gasteiger charge is -2.08. The maximum absolute atomic E-state index is 10.9. The second-order valence-electron chi connectivity index (χ2n) is 4.08. The molecule has 5 nitrogen and oxygen atoms in total. The van der Waals surface area contributed by atoms with E-state index in [-0.39, 0.29) is 0 Å². The van der Waals surface area contributed by atoms with Gasteiger partial charge in [-0.15, -0.1) is 0 Å². The smallest absolute Gasteiger partial charge is 0.406 e. The van der Waals surface area contributed by atoms with E-state index in [4.69, 9.17) is 0 Å². The van der Waals surface area contributed by atoms with Gasteiger partial charge in [0.2, 0.25) is 0 Å². The van der Waals surface area contributed by atoms with Gasteiger partial charge in [-0.25, -0.2) is 9.78 Å². The lowest BCUT2D eigenvalue weighted by molar-refractivity contribution is 0.171. The Morgan fingerprint density at radius 1 is 1.37 bits per heavy atom. The second kappa shape index (κ2) is 6.58. The van der Waals surface area contributed by atoms with Gasteiger partial charge in [-0.2, -0.15) is 0 Å². The lowest BCUT2D eigenvalue weighted by atomic mass is 10.2. The van der Waals surface area contributed by atoms with Crippen LogP contribution in [0.15, 0.2) is 42.7 Å². The molecule has 0 fully saturated rings. The summed E-state index contributed by atoms with van der Waals surface area (Å²) >= 11 is 0. The third kappa shape index (κ3) is 3.58. The van der Waals surface area contributed by atoms with Crippen molar-refractivity contribution in [3.63, 3.8) is 0 Å². The molecule has 1 heterocycles. The molecule has 1 aromatic carbocycles. The van der Waals surface area contributed by atoms with Crippen LogP contribution in [0.2, 0.25) is 0 Å². The predicted molar refractivity (Wildman–Crippen MR) is 72.7 cm³/mol. The van der Waals surface area contributed by atoms with Gasteiger partial charge in [0.25, 0.3) is 0 Å². The Balaban J connectivity index is 1.92. The molecule has 1 aromatic heterocycles. The number of nitrogens with zero attached hydrogens (tertiary/aromatic N) is 2. The van der Waals surface area contributed by atoms with Gasteiger partial charge in [0.05, 0.1) is 7.11 Å². The maximum atomic E-state index is 10.9. The Morgan fingerprint density at radius 2 is 2.16 bits per heavy atom. The van der Waals surface area contributed by atoms with Crippen LogP contribution in [0.3, 0.4) is 0 Å². The molecule has 1 amide bonds. The van der Waals surface area contributed by atoms with Gasteiger partial charge >= 0.3 is 6.09 Å². The molecule has 0 radical (unpaired) electrons. The van der Waals surface area contributed by atoms with Crippen molar-refractivity contribution >= 4 is 6.09 Å². The Hall–Kier alpha value is -2.30. The molecule has 0 aliphatic carbocycles. The highest BCUT2D eigenvalue weighted by Crippen LogP contribution is 2.16. The number of rotatable bonds is 5. The Bertz CT molecular complexity index is 522. The van der Waals surface area contributed by atoms with Crippen molar-refractivity contribution in [2.75, 3.05) is 13.7 Å². The van der Waals surface area contributed by atoms with E-state index in [0.29, 0.717) is 6.54 Å². The zero-order valence-electron chi connectivity index (χ0n) is 10.9. The molecule has 5 heteroatoms. The number of aryl methyl sites for hydroxylation is 1. The average molecular weight is 259 g/mol. The molecular weight excluding hydrogens is 242 g/mol. The van der Waals surface area contributed by atoms with E-state index < -0.39 is 6.09 Å². The van der Waals surface area contributed by atoms with Crippen molar-refractivity contribution in [1.29, 1.82) is 0 Å². The van der Waals surface area contributed by atoms with Crippen LogP contribution in [0.25, 0.3) is 11.4 Å². The largest absolute Gasteiger partial charge is 0.453 e. The zero-order chi connectivity index (χ0) is 13.5. The summed E-state index contributed by atoms with van der Waals surface area (Å²) in [7, 11) is 1.36. The molecule has 0 saturated heterocycles. The van der Waals surface area contributed by atoms with Crippen molar-refractivity contribution in [1.82, 2.24) is 14.9 Å². The number of hydrogen-bond donors (Lipinski definition) is 1. The number of benzene rings is 1. The minimum atomic E-state index is -0.395. The topological polar surface area (TPSA) is 56.1 Å². The molecule has 0 bridgehead atoms. The molecule has 0 aliphatic rings. The van der Waals surface area contributed by atoms with E-state index in [1.165, 1.54) is 7.11 Å². The van der Waals surface area contributed by atoms with Gasteiger partial charge in [0.1, 0.15) is 5.82 Å². The van der Waals surface area contributed by atoms with Crippen LogP contribution in [0.1, 0.15) is 6.42 Å². The number of ether oxygens (including phenoxy) is 1. The van der Waals surface area contributed by atoms with Crippen LogP contribution in [-0.2, 0) is 11.3 Å². The van der Waals surface area contributed by atoms with Crippen molar-refractivity contribution in [3.05, 3.63) is 42.7 Å². The van der Waals surface area contributed by atoms with Crippen molar-refractivity contribution < 1.29 is 9.53 Å². The molecule has 100 valence electrons. The first-order valence-corrected chi connectivity index (χ1v) is 6.19. The fourth-order valence-electron chi connectivity index (χ4n) is 1.85. The summed E-state index contributed by atoms with van der Waals surface area (Å²) < 4.78 is 6.59. The number of hydrogen-bond acceptors (Lipinski definition) is 3. The monoisotopic (exact) mass is 259 g/mol. The van der Waals surface area contributed by atoms with E-state index in [9.17, 15) is 4.79 Å². The summed E-state index contributed by atoms with van der Waals surface area (Å²) in [5.74, 6) is 0.943. The number of imidazole rings is 1. The van der Waals surface area contributed by atoms with Gasteiger partial charge in [-0.3, -0.25) is 0 Å². The highest BCUT2D eigenvalue weighted by atomic mass is 16.5. The summed E-state index contributed by atoms with van der Waals surface area (Å²) in [6.45, 7) is 1.38. The number of methoxy groups -OCH3 is 1. The average Bonchev–Trinajstić information content (AvgIpc) is 2.92. The van der Waals surface area contributed by atoms with Gasteiger partial charge < -0.3 is 14.6 Å². The first-order chi connectivity index (χ1) is 9.31. The third-order valence-electron chi connectivity index (χ3n) is 2.78. The van der Waals surface area contributed by atoms with Gasteiger partial charge in [0, 0.05) is 31.0 Å². The summed E-state index contributed by atoms with van der Waals surface area (Å²) in [5, 5.41) is 2.66. The standard InChI is InChI=1S/C14H17N3O2/c1-19-14(18)16-8-5-10-17-11-9-15-13(17)12-6-3-2-4-7-12/h2-4,6-7,9,11H,5,8,10H2,1H3,(H,16,18). The number of amides is 1. The second-order valence-corrected chi connectivity index (χ2v) is 4.08. The van der Waals surface area contributed by atoms with Gasteiger partial charge in [-0.05, 0) is 6.42 Å². The van der Waals surface area contributed by atoms with Crippen molar-refractivity contribution in [2.24, 2.45) is 0 Å². The maximum Gasteiger partial charge on any atom is 0.406 e. The quantitative estimate of drug-likeness (QED) is 0.838. The minimum Gasteiger partial charge on any atom is -0.453 e. The molecule has 0 aliphatic heterocycles. The summed E-state index contributed by atoms with van der Waals surface area (Å²) in [5.41, 5.74) is 1.09. The van der Waals surface area contributed by atoms with E-state index in [0.717, 1.165) is 24.4 Å². The van der Waals surface area contributed by atoms with Crippen LogP contribution in [0, 0.1) is 0 Å². The lowest BCUT2D eigenvalue weighted by Crippen LogP contribution is -2.24. The zero-order valence-corrected chi connectivity index (χ0v) is 10.9. The number of carbonyl (C=O) groups excluding carboxylic acids is 1. The minimum absolute atomic E-state index is 0.395. The highest BCUT2D eigenvalue weighted by Gasteiger charge is 2.05. The normalized spacial score (nSPS) is 10.2. The van der Waals surface area contributed by atoms with Gasteiger partial charge in [0.15, 0.2) is 0 Å². The predicted octanol–water partition coefficient (Wildman–Crippen LogP) is 2.30. The van der Waals surface area contributed by atoms with Gasteiger partial charge in [-0.1, -0.05) is 30.3 Å². The molecule has 0 unspecified atom stereocenters. The summed E-state index contributed by atoms with van der Waals surface area (Å²) in [6.07, 6.45) is 4.16. The SMILES string of the molecule is COC(=O)NCCCn1ccnc1-c1ccccc1. The molecule has 1 N–H and O–H groups in total. The first-order valence-electron chi connectivity index (χ1n) is 6.19. The molecule has 0 atom stereocenters. The Kier molecular flexibility index (Phi) is 4.55. The van der Waals surface area contributed by atoms with Crippen molar-refractivity contribution in [2.45, 2.75) is 13.0 Å². The Morgan fingerprint density at radius 3 is 2.89 bits per heavy atom. The summed E-state index contributed by atoms with van der Waals surface area (Å²) in [6, 6.07) is 10.0. The van der Waals surface area contributed by atoms with E-state index in [1.54, 1.807) is 6.20 Å². The number of carbonyl (C=O) groups is 1. The third-order valence-corrected chi connectivity index (χ3v) is 2.78. The van der Waals surface area contributed by atoms with Crippen LogP contribution in [0.4, 0.5) is 4.79 Å². The number of aromatic nitrogens is 2. The van der Waals surface area contributed by atoms with Crippen LogP contribution in [0.5, 0.6) is 0 Å². The first kappa shape index (κ1) is 13.1. The Labute approximate surface area is 112 Å². The molecule has 19 heavy (non-hydrogen) atoms. The van der Waals surface area contributed by atoms with Crippen LogP contribution < -0.4 is 5.32 Å². The van der Waals surface area contributed by atoms with Crippen LogP contribution in [-0.4, -0.2) is 29.3 Å². The highest BCUT2D eigenvalue weighted by molar-refractivity contribution is 5.66. The number of nitrogens with one attached hydrogen (secondary N) is 1. The van der Waals surface area contributed by atoms with E-state index >= 15 is 0 Å². The van der Waals surface area contributed by atoms with Crippen LogP contribution >= 0.6 is 0 Å². The summed E-state index contributed by atoms with van der Waals surface area (Å²) in [4.78, 5) is 15.3. The molecule has 2 aromatic rings. The van der Waals surface area contributed by atoms with Crippen molar-refractivity contribution in [3.8, 4) is 11.4 Å². The fraction of sp³-hybridized carbons (Fsp3) is 0.286. The molecular formula is C14H17N3O2. The fourth-order valence-corrected chi connectivity index (χ4v) is 1.85. The van der Waals surface area contributed by atoms with E-state index in [2.05, 4.69) is 19.6 Å². The molecule has 0 saturated carbocycles. The van der Waals surface area contributed by atoms with E-state index in [1.807, 2.05) is 36.5 Å². The molecule has 0 spiro atoms. The molecule has 2 rings (SSSR count).